The van der Waals surface area contributed by atoms with Gasteiger partial charge in [0.2, 0.25) is 5.69 Å². The monoisotopic (exact) mass is 386 g/mol. The van der Waals surface area contributed by atoms with E-state index in [9.17, 15) is 14.3 Å². The van der Waals surface area contributed by atoms with Crippen LogP contribution in [0.5, 0.6) is 5.75 Å². The SMILES string of the molecule is CC=[N+](NCCCOc1ccc(F)cc1)c1ccc2c(c1)[C@@](O)(C(N)=O)CC2. The van der Waals surface area contributed by atoms with Gasteiger partial charge >= 0.3 is 0 Å². The van der Waals surface area contributed by atoms with E-state index < -0.39 is 11.5 Å². The highest BCUT2D eigenvalue weighted by Gasteiger charge is 2.42. The van der Waals surface area contributed by atoms with Gasteiger partial charge < -0.3 is 15.6 Å². The highest BCUT2D eigenvalue weighted by molar-refractivity contribution is 5.86. The number of ether oxygens (including phenoxy) is 1. The summed E-state index contributed by atoms with van der Waals surface area (Å²) in [5, 5.41) is 10.6. The van der Waals surface area contributed by atoms with E-state index >= 15 is 0 Å². The first-order chi connectivity index (χ1) is 13.4. The van der Waals surface area contributed by atoms with Crippen molar-refractivity contribution in [1.82, 2.24) is 5.43 Å². The topological polar surface area (TPSA) is 87.6 Å². The molecule has 0 bridgehead atoms. The normalized spacial score (nSPS) is 18.6. The Kier molecular flexibility index (Phi) is 5.94. The number of benzene rings is 2. The molecule has 1 atom stereocenters. The maximum atomic E-state index is 12.9. The lowest BCUT2D eigenvalue weighted by Gasteiger charge is -2.19. The molecule has 148 valence electrons. The summed E-state index contributed by atoms with van der Waals surface area (Å²) in [7, 11) is 0. The zero-order valence-electron chi connectivity index (χ0n) is 15.8. The van der Waals surface area contributed by atoms with Crippen LogP contribution >= 0.6 is 0 Å². The third kappa shape index (κ3) is 4.14. The van der Waals surface area contributed by atoms with Crippen molar-refractivity contribution < 1.29 is 23.7 Å². The molecule has 2 aromatic rings. The van der Waals surface area contributed by atoms with Crippen molar-refractivity contribution in [3.8, 4) is 5.75 Å². The number of nitrogens with zero attached hydrogens (tertiary/aromatic N) is 1. The molecule has 0 heterocycles. The van der Waals surface area contributed by atoms with Crippen molar-refractivity contribution in [1.29, 1.82) is 0 Å². The number of carbonyl (C=O) groups is 1. The van der Waals surface area contributed by atoms with E-state index in [0.717, 1.165) is 17.7 Å². The molecule has 0 radical (unpaired) electrons. The van der Waals surface area contributed by atoms with Crippen LogP contribution < -0.4 is 15.9 Å². The van der Waals surface area contributed by atoms with Crippen molar-refractivity contribution >= 4 is 17.8 Å². The van der Waals surface area contributed by atoms with Gasteiger partial charge in [-0.3, -0.25) is 4.79 Å². The van der Waals surface area contributed by atoms with Crippen molar-refractivity contribution in [2.45, 2.75) is 31.8 Å². The Balaban J connectivity index is 1.57. The number of halogens is 1. The molecule has 2 aromatic carbocycles. The number of rotatable bonds is 8. The Morgan fingerprint density at radius 1 is 1.36 bits per heavy atom. The molecule has 1 aliphatic carbocycles. The Morgan fingerprint density at radius 3 is 2.79 bits per heavy atom. The number of aryl methyl sites for hydroxylation is 1. The van der Waals surface area contributed by atoms with Gasteiger partial charge in [-0.25, -0.2) is 4.39 Å². The van der Waals surface area contributed by atoms with E-state index in [1.807, 2.05) is 30.0 Å². The van der Waals surface area contributed by atoms with E-state index in [-0.39, 0.29) is 5.82 Å². The summed E-state index contributed by atoms with van der Waals surface area (Å²) < 4.78 is 20.3. The van der Waals surface area contributed by atoms with Gasteiger partial charge in [-0.15, -0.1) is 0 Å². The van der Waals surface area contributed by atoms with E-state index in [2.05, 4.69) is 5.43 Å². The standard InChI is InChI=1S/C21H24FN3O3/c1-2-25(24-12-3-13-28-18-8-5-16(22)6-9-18)17-7-4-15-10-11-21(27,20(23)26)19(15)14-17/h2,4-9,14,24,27H,3,10-13H2,1H3,(H-,23,26)/p+1/t21-/m1/s1. The molecule has 0 aromatic heterocycles. The third-order valence-electron chi connectivity index (χ3n) is 4.92. The maximum Gasteiger partial charge on any atom is 0.254 e. The quantitative estimate of drug-likeness (QED) is 0.281. The zero-order valence-corrected chi connectivity index (χ0v) is 15.8. The van der Waals surface area contributed by atoms with E-state index in [1.165, 1.54) is 12.1 Å². The summed E-state index contributed by atoms with van der Waals surface area (Å²) in [4.78, 5) is 11.7. The molecule has 1 aliphatic rings. The van der Waals surface area contributed by atoms with Crippen molar-refractivity contribution in [3.63, 3.8) is 0 Å². The lowest BCUT2D eigenvalue weighted by molar-refractivity contribution is -0.503. The first-order valence-electron chi connectivity index (χ1n) is 9.30. The Bertz CT molecular complexity index is 883. The van der Waals surface area contributed by atoms with Gasteiger partial charge in [0.15, 0.2) is 11.8 Å². The number of aliphatic hydroxyl groups is 1. The molecule has 1 amide bonds. The lowest BCUT2D eigenvalue weighted by Crippen LogP contribution is -2.39. The van der Waals surface area contributed by atoms with Crippen molar-refractivity contribution in [2.75, 3.05) is 13.2 Å². The second-order valence-electron chi connectivity index (χ2n) is 6.76. The minimum Gasteiger partial charge on any atom is -0.494 e. The fourth-order valence-corrected chi connectivity index (χ4v) is 3.35. The fourth-order valence-electron chi connectivity index (χ4n) is 3.35. The molecule has 0 unspecified atom stereocenters. The predicted octanol–water partition coefficient (Wildman–Crippen LogP) is 2.15. The number of hydrogen-bond donors (Lipinski definition) is 3. The Labute approximate surface area is 163 Å². The number of hydrazine groups is 1. The van der Waals surface area contributed by atoms with Crippen LogP contribution in [0.15, 0.2) is 42.5 Å². The number of amides is 1. The van der Waals surface area contributed by atoms with Crippen LogP contribution in [0.1, 0.15) is 30.9 Å². The van der Waals surface area contributed by atoms with Gasteiger partial charge in [-0.1, -0.05) is 10.8 Å². The number of carbonyl (C=O) groups excluding carboxylic acids is 1. The average molecular weight is 386 g/mol. The summed E-state index contributed by atoms with van der Waals surface area (Å²) in [6.07, 6.45) is 3.53. The number of hydrazone groups is 1. The van der Waals surface area contributed by atoms with E-state index in [0.29, 0.717) is 37.3 Å². The molecule has 0 fully saturated rings. The number of nitrogens with two attached hydrogens (primary N) is 1. The Hall–Kier alpha value is -2.93. The third-order valence-corrected chi connectivity index (χ3v) is 4.92. The van der Waals surface area contributed by atoms with Crippen LogP contribution in [0.2, 0.25) is 0 Å². The summed E-state index contributed by atoms with van der Waals surface area (Å²) in [5.74, 6) is -0.383. The highest BCUT2D eigenvalue weighted by atomic mass is 19.1. The summed E-state index contributed by atoms with van der Waals surface area (Å²) in [5.41, 5.74) is 9.40. The lowest BCUT2D eigenvalue weighted by atomic mass is 9.95. The molecule has 0 aliphatic heterocycles. The highest BCUT2D eigenvalue weighted by Crippen LogP contribution is 2.38. The Morgan fingerprint density at radius 2 is 2.11 bits per heavy atom. The molecule has 3 rings (SSSR count). The van der Waals surface area contributed by atoms with Gasteiger partial charge in [0.25, 0.3) is 5.91 Å². The average Bonchev–Trinajstić information content (AvgIpc) is 3.04. The molecule has 6 nitrogen and oxygen atoms in total. The second-order valence-corrected chi connectivity index (χ2v) is 6.76. The number of primary amides is 1. The molecular formula is C21H25FN3O3+. The zero-order chi connectivity index (χ0) is 20.1. The first kappa shape index (κ1) is 19.8. The number of nitrogens with one attached hydrogen (secondary N) is 1. The van der Waals surface area contributed by atoms with Crippen LogP contribution in [-0.2, 0) is 16.8 Å². The van der Waals surface area contributed by atoms with Crippen LogP contribution in [0.3, 0.4) is 0 Å². The van der Waals surface area contributed by atoms with Gasteiger partial charge in [0, 0.05) is 31.0 Å². The van der Waals surface area contributed by atoms with Gasteiger partial charge in [0.1, 0.15) is 11.6 Å². The van der Waals surface area contributed by atoms with E-state index in [4.69, 9.17) is 10.5 Å². The summed E-state index contributed by atoms with van der Waals surface area (Å²) in [6, 6.07) is 11.6. The molecular weight excluding hydrogens is 361 g/mol. The molecule has 7 heteroatoms. The molecule has 0 spiro atoms. The predicted molar refractivity (Wildman–Crippen MR) is 104 cm³/mol. The van der Waals surface area contributed by atoms with Crippen LogP contribution in [-0.4, -0.2) is 35.1 Å². The van der Waals surface area contributed by atoms with E-state index in [1.54, 1.807) is 18.2 Å². The van der Waals surface area contributed by atoms with Gasteiger partial charge in [-0.05, 0) is 42.7 Å². The minimum atomic E-state index is -1.60. The van der Waals surface area contributed by atoms with Gasteiger partial charge in [0.05, 0.1) is 13.2 Å². The van der Waals surface area contributed by atoms with Crippen molar-refractivity contribution in [2.24, 2.45) is 5.73 Å². The summed E-state index contributed by atoms with van der Waals surface area (Å²) >= 11 is 0. The molecule has 4 N–H and O–H groups in total. The smallest absolute Gasteiger partial charge is 0.254 e. The first-order valence-corrected chi connectivity index (χ1v) is 9.30. The number of hydrogen-bond acceptors (Lipinski definition) is 4. The van der Waals surface area contributed by atoms with Crippen LogP contribution in [0.4, 0.5) is 10.1 Å². The molecule has 28 heavy (non-hydrogen) atoms. The second kappa shape index (κ2) is 8.39. The molecule has 0 saturated carbocycles. The minimum absolute atomic E-state index is 0.291. The fraction of sp³-hybridized carbons (Fsp3) is 0.333. The summed E-state index contributed by atoms with van der Waals surface area (Å²) in [6.45, 7) is 3.01. The number of fused-ring (bicyclic) bond motifs is 1. The van der Waals surface area contributed by atoms with Crippen LogP contribution in [0, 0.1) is 5.82 Å². The largest absolute Gasteiger partial charge is 0.494 e. The van der Waals surface area contributed by atoms with Gasteiger partial charge in [-0.2, -0.15) is 5.43 Å². The van der Waals surface area contributed by atoms with Crippen LogP contribution in [0.25, 0.3) is 0 Å². The van der Waals surface area contributed by atoms with Crippen molar-refractivity contribution in [3.05, 3.63) is 59.4 Å². The molecule has 0 saturated heterocycles. The maximum absolute atomic E-state index is 12.9.